The first-order valence-corrected chi connectivity index (χ1v) is 7.00. The zero-order chi connectivity index (χ0) is 15.1. The third-order valence-corrected chi connectivity index (χ3v) is 2.83. The van der Waals surface area contributed by atoms with Gasteiger partial charge < -0.3 is 15.2 Å². The van der Waals surface area contributed by atoms with Gasteiger partial charge in [0, 0.05) is 12.2 Å². The Hall–Kier alpha value is -1.62. The van der Waals surface area contributed by atoms with Crippen LogP contribution in [0.4, 0.5) is 0 Å². The fourth-order valence-electron chi connectivity index (χ4n) is 1.77. The van der Waals surface area contributed by atoms with Crippen LogP contribution in [0.5, 0.6) is 5.75 Å². The second-order valence-electron chi connectivity index (χ2n) is 5.28. The predicted octanol–water partition coefficient (Wildman–Crippen LogP) is 2.38. The van der Waals surface area contributed by atoms with Gasteiger partial charge in [-0.15, -0.1) is 0 Å². The number of nitrogens with one attached hydrogen (secondary N) is 1. The molecule has 0 fully saturated rings. The number of nitrogens with zero attached hydrogens (tertiary/aromatic N) is 1. The van der Waals surface area contributed by atoms with Crippen molar-refractivity contribution >= 4 is 5.97 Å². The van der Waals surface area contributed by atoms with Crippen molar-refractivity contribution in [1.82, 2.24) is 10.3 Å². The van der Waals surface area contributed by atoms with Crippen molar-refractivity contribution in [2.75, 3.05) is 6.54 Å². The Balaban J connectivity index is 2.81. The maximum atomic E-state index is 11.1. The largest absolute Gasteiger partial charge is 0.479 e. The van der Waals surface area contributed by atoms with Gasteiger partial charge in [0.05, 0.1) is 5.69 Å². The van der Waals surface area contributed by atoms with Crippen molar-refractivity contribution < 1.29 is 14.6 Å². The molecule has 1 unspecified atom stereocenters. The molecule has 5 heteroatoms. The van der Waals surface area contributed by atoms with Gasteiger partial charge in [0.25, 0.3) is 0 Å². The highest BCUT2D eigenvalue weighted by Crippen LogP contribution is 2.19. The number of aromatic nitrogens is 1. The molecule has 5 nitrogen and oxygen atoms in total. The third-order valence-electron chi connectivity index (χ3n) is 2.83. The van der Waals surface area contributed by atoms with E-state index in [1.165, 1.54) is 0 Å². The fourth-order valence-corrected chi connectivity index (χ4v) is 1.77. The number of pyridine rings is 1. The summed E-state index contributed by atoms with van der Waals surface area (Å²) in [6.07, 6.45) is -0.412. The number of carbonyl (C=O) groups is 1. The number of aliphatic carboxylic acids is 1. The number of aryl methyl sites for hydroxylation is 1. The average molecular weight is 280 g/mol. The lowest BCUT2D eigenvalue weighted by Crippen LogP contribution is -2.27. The maximum Gasteiger partial charge on any atom is 0.344 e. The van der Waals surface area contributed by atoms with Crippen LogP contribution in [0.3, 0.4) is 0 Å². The van der Waals surface area contributed by atoms with Crippen molar-refractivity contribution in [3.05, 3.63) is 23.5 Å². The highest BCUT2D eigenvalue weighted by atomic mass is 16.5. The highest BCUT2D eigenvalue weighted by Gasteiger charge is 2.18. The molecular formula is C15H24N2O3. The van der Waals surface area contributed by atoms with E-state index in [1.807, 2.05) is 13.0 Å². The van der Waals surface area contributed by atoms with Gasteiger partial charge in [-0.05, 0) is 37.9 Å². The quantitative estimate of drug-likeness (QED) is 0.765. The SMILES string of the molecule is CCC(Oc1ccc(C)nc1CNCC(C)C)C(=O)O. The molecule has 0 saturated heterocycles. The van der Waals surface area contributed by atoms with Gasteiger partial charge >= 0.3 is 5.97 Å². The van der Waals surface area contributed by atoms with Crippen LogP contribution in [-0.2, 0) is 11.3 Å². The minimum Gasteiger partial charge on any atom is -0.479 e. The highest BCUT2D eigenvalue weighted by molar-refractivity contribution is 5.72. The zero-order valence-corrected chi connectivity index (χ0v) is 12.6. The molecule has 0 amide bonds. The van der Waals surface area contributed by atoms with Gasteiger partial charge in [-0.25, -0.2) is 4.79 Å². The van der Waals surface area contributed by atoms with Crippen LogP contribution in [-0.4, -0.2) is 28.7 Å². The van der Waals surface area contributed by atoms with Crippen molar-refractivity contribution in [3.63, 3.8) is 0 Å². The standard InChI is InChI=1S/C15H24N2O3/c1-5-13(15(18)19)20-14-7-6-11(4)17-12(14)9-16-8-10(2)3/h6-7,10,13,16H,5,8-9H2,1-4H3,(H,18,19). The molecule has 112 valence electrons. The average Bonchev–Trinajstić information content (AvgIpc) is 2.37. The summed E-state index contributed by atoms with van der Waals surface area (Å²) in [7, 11) is 0. The van der Waals surface area contributed by atoms with Gasteiger partial charge in [0.15, 0.2) is 6.10 Å². The van der Waals surface area contributed by atoms with Gasteiger partial charge in [-0.1, -0.05) is 20.8 Å². The van der Waals surface area contributed by atoms with Crippen LogP contribution in [0.25, 0.3) is 0 Å². The van der Waals surface area contributed by atoms with Gasteiger partial charge in [-0.3, -0.25) is 4.98 Å². The van der Waals surface area contributed by atoms with Gasteiger partial charge in [0.1, 0.15) is 5.75 Å². The molecule has 1 rings (SSSR count). The fraction of sp³-hybridized carbons (Fsp3) is 0.600. The number of ether oxygens (including phenoxy) is 1. The molecule has 0 aromatic carbocycles. The van der Waals surface area contributed by atoms with Crippen molar-refractivity contribution in [2.24, 2.45) is 5.92 Å². The van der Waals surface area contributed by atoms with E-state index < -0.39 is 12.1 Å². The molecule has 1 aromatic rings. The predicted molar refractivity (Wildman–Crippen MR) is 77.9 cm³/mol. The van der Waals surface area contributed by atoms with E-state index in [2.05, 4.69) is 24.1 Å². The normalized spacial score (nSPS) is 12.4. The number of rotatable bonds is 8. The minimum atomic E-state index is -0.950. The molecule has 0 aliphatic rings. The van der Waals surface area contributed by atoms with Gasteiger partial charge in [0.2, 0.25) is 0 Å². The molecule has 0 spiro atoms. The Kier molecular flexibility index (Phi) is 6.45. The van der Waals surface area contributed by atoms with Crippen LogP contribution >= 0.6 is 0 Å². The lowest BCUT2D eigenvalue weighted by Gasteiger charge is -2.17. The first-order valence-electron chi connectivity index (χ1n) is 7.00. The number of carboxylic acids is 1. The maximum absolute atomic E-state index is 11.1. The van der Waals surface area contributed by atoms with E-state index >= 15 is 0 Å². The summed E-state index contributed by atoms with van der Waals surface area (Å²) in [5, 5.41) is 12.4. The molecule has 0 bridgehead atoms. The lowest BCUT2D eigenvalue weighted by atomic mass is 10.2. The Bertz CT molecular complexity index is 447. The van der Waals surface area contributed by atoms with E-state index in [0.717, 1.165) is 17.9 Å². The van der Waals surface area contributed by atoms with E-state index in [0.29, 0.717) is 24.6 Å². The summed E-state index contributed by atoms with van der Waals surface area (Å²) in [6.45, 7) is 9.41. The molecule has 1 atom stereocenters. The van der Waals surface area contributed by atoms with Gasteiger partial charge in [-0.2, -0.15) is 0 Å². The number of hydrogen-bond acceptors (Lipinski definition) is 4. The zero-order valence-electron chi connectivity index (χ0n) is 12.6. The number of carboxylic acid groups (broad SMARTS) is 1. The molecule has 0 saturated carbocycles. The van der Waals surface area contributed by atoms with Crippen molar-refractivity contribution in [1.29, 1.82) is 0 Å². The Morgan fingerprint density at radius 3 is 2.70 bits per heavy atom. The molecule has 1 aromatic heterocycles. The summed E-state index contributed by atoms with van der Waals surface area (Å²) in [6, 6.07) is 3.62. The van der Waals surface area contributed by atoms with E-state index in [9.17, 15) is 4.79 Å². The van der Waals surface area contributed by atoms with Crippen molar-refractivity contribution in [2.45, 2.75) is 46.8 Å². The molecule has 2 N–H and O–H groups in total. The van der Waals surface area contributed by atoms with Crippen LogP contribution in [0.2, 0.25) is 0 Å². The summed E-state index contributed by atoms with van der Waals surface area (Å²) in [5.41, 5.74) is 1.65. The first kappa shape index (κ1) is 16.4. The Morgan fingerprint density at radius 1 is 1.45 bits per heavy atom. The summed E-state index contributed by atoms with van der Waals surface area (Å²) >= 11 is 0. The Morgan fingerprint density at radius 2 is 2.15 bits per heavy atom. The molecule has 1 heterocycles. The minimum absolute atomic E-state index is 0.419. The third kappa shape index (κ3) is 5.17. The number of hydrogen-bond donors (Lipinski definition) is 2. The second-order valence-corrected chi connectivity index (χ2v) is 5.28. The van der Waals surface area contributed by atoms with Crippen LogP contribution in [0.15, 0.2) is 12.1 Å². The molecular weight excluding hydrogens is 256 g/mol. The molecule has 20 heavy (non-hydrogen) atoms. The summed E-state index contributed by atoms with van der Waals surface area (Å²) in [4.78, 5) is 15.5. The topological polar surface area (TPSA) is 71.5 Å². The Labute approximate surface area is 120 Å². The molecule has 0 aliphatic carbocycles. The van der Waals surface area contributed by atoms with E-state index in [1.54, 1.807) is 13.0 Å². The smallest absolute Gasteiger partial charge is 0.344 e. The van der Waals surface area contributed by atoms with E-state index in [4.69, 9.17) is 9.84 Å². The lowest BCUT2D eigenvalue weighted by molar-refractivity contribution is -0.145. The molecule has 0 radical (unpaired) electrons. The van der Waals surface area contributed by atoms with Crippen LogP contribution in [0.1, 0.15) is 38.6 Å². The van der Waals surface area contributed by atoms with Crippen LogP contribution < -0.4 is 10.1 Å². The summed E-state index contributed by atoms with van der Waals surface area (Å²) in [5.74, 6) is 0.141. The van der Waals surface area contributed by atoms with Crippen LogP contribution in [0, 0.1) is 12.8 Å². The molecule has 0 aliphatic heterocycles. The monoisotopic (exact) mass is 280 g/mol. The second kappa shape index (κ2) is 7.85. The van der Waals surface area contributed by atoms with Crippen molar-refractivity contribution in [3.8, 4) is 5.75 Å². The first-order chi connectivity index (χ1) is 9.43. The summed E-state index contributed by atoms with van der Waals surface area (Å²) < 4.78 is 5.57. The van der Waals surface area contributed by atoms with E-state index in [-0.39, 0.29) is 0 Å².